The van der Waals surface area contributed by atoms with Crippen molar-refractivity contribution in [1.29, 1.82) is 0 Å². The molecule has 1 aliphatic carbocycles. The maximum absolute atomic E-state index is 12.6. The first kappa shape index (κ1) is 22.2. The van der Waals surface area contributed by atoms with Gasteiger partial charge in [-0.3, -0.25) is 9.36 Å². The van der Waals surface area contributed by atoms with E-state index in [0.29, 0.717) is 23.6 Å². The minimum atomic E-state index is -0.317. The Kier molecular flexibility index (Phi) is 7.79. The van der Waals surface area contributed by atoms with E-state index in [9.17, 15) is 4.79 Å². The molecule has 1 fully saturated rings. The van der Waals surface area contributed by atoms with Crippen molar-refractivity contribution in [2.45, 2.75) is 68.6 Å². The third-order valence-electron chi connectivity index (χ3n) is 5.15. The summed E-state index contributed by atoms with van der Waals surface area (Å²) >= 11 is 1.41. The van der Waals surface area contributed by atoms with Gasteiger partial charge in [-0.2, -0.15) is 0 Å². The number of carbonyl (C=O) groups is 1. The summed E-state index contributed by atoms with van der Waals surface area (Å²) < 4.78 is 13.2. The van der Waals surface area contributed by atoms with E-state index in [1.165, 1.54) is 24.6 Å². The summed E-state index contributed by atoms with van der Waals surface area (Å²) in [7, 11) is 1.63. The molecule has 3 rings (SSSR count). The predicted octanol–water partition coefficient (Wildman–Crippen LogP) is 4.15. The predicted molar refractivity (Wildman–Crippen MR) is 118 cm³/mol. The summed E-state index contributed by atoms with van der Waals surface area (Å²) in [4.78, 5) is 12.6. The first-order valence-electron chi connectivity index (χ1n) is 10.3. The number of nitrogens with one attached hydrogen (secondary N) is 1. The van der Waals surface area contributed by atoms with Crippen LogP contribution in [0.2, 0.25) is 0 Å². The monoisotopic (exact) mass is 430 g/mol. The van der Waals surface area contributed by atoms with Gasteiger partial charge in [0.2, 0.25) is 5.91 Å². The van der Waals surface area contributed by atoms with E-state index >= 15 is 0 Å². The Morgan fingerprint density at radius 1 is 1.27 bits per heavy atom. The molecule has 2 unspecified atom stereocenters. The van der Waals surface area contributed by atoms with Crippen LogP contribution in [-0.4, -0.2) is 39.1 Å². The summed E-state index contributed by atoms with van der Waals surface area (Å²) in [6, 6.07) is 7.72. The Morgan fingerprint density at radius 3 is 2.57 bits per heavy atom. The number of allylic oxidation sites excluding steroid dienone is 1. The average Bonchev–Trinajstić information content (AvgIpc) is 3.39. The van der Waals surface area contributed by atoms with Gasteiger partial charge in [0, 0.05) is 12.6 Å². The molecule has 1 aromatic heterocycles. The van der Waals surface area contributed by atoms with Crippen LogP contribution in [0.15, 0.2) is 42.1 Å². The smallest absolute Gasteiger partial charge is 0.233 e. The Morgan fingerprint density at radius 2 is 1.93 bits per heavy atom. The number of hydrogen-bond donors (Lipinski definition) is 1. The fraction of sp³-hybridized carbons (Fsp3) is 0.500. The lowest BCUT2D eigenvalue weighted by Crippen LogP contribution is -2.37. The zero-order chi connectivity index (χ0) is 21.5. The molecule has 0 spiro atoms. The molecule has 162 valence electrons. The first-order chi connectivity index (χ1) is 14.5. The van der Waals surface area contributed by atoms with Crippen LogP contribution in [0.4, 0.5) is 0 Å². The maximum atomic E-state index is 12.6. The summed E-state index contributed by atoms with van der Waals surface area (Å²) in [5.74, 6) is 2.23. The van der Waals surface area contributed by atoms with E-state index in [1.807, 2.05) is 42.7 Å². The zero-order valence-electron chi connectivity index (χ0n) is 17.8. The summed E-state index contributed by atoms with van der Waals surface area (Å²) in [6.45, 7) is 8.21. The molecule has 1 aromatic carbocycles. The van der Waals surface area contributed by atoms with Crippen molar-refractivity contribution in [2.75, 3.05) is 7.11 Å². The molecule has 1 N–H and O–H groups in total. The molecule has 2 atom stereocenters. The van der Waals surface area contributed by atoms with Gasteiger partial charge in [0.05, 0.1) is 12.4 Å². The Hall–Kier alpha value is -2.48. The number of ether oxygens (including phenoxy) is 2. The highest BCUT2D eigenvalue weighted by Crippen LogP contribution is 2.28. The van der Waals surface area contributed by atoms with Crippen LogP contribution in [0.25, 0.3) is 0 Å². The molecule has 0 aliphatic heterocycles. The first-order valence-corrected chi connectivity index (χ1v) is 11.2. The lowest BCUT2D eigenvalue weighted by molar-refractivity contribution is -0.120. The van der Waals surface area contributed by atoms with Gasteiger partial charge < -0.3 is 14.8 Å². The number of benzene rings is 1. The third kappa shape index (κ3) is 5.56. The molecule has 7 nitrogen and oxygen atoms in total. The molecule has 0 saturated heterocycles. The van der Waals surface area contributed by atoms with Gasteiger partial charge in [0.1, 0.15) is 11.5 Å². The van der Waals surface area contributed by atoms with Crippen molar-refractivity contribution < 1.29 is 14.3 Å². The topological polar surface area (TPSA) is 78.3 Å². The molecular formula is C22H30N4O3S. The number of amides is 1. The number of aromatic nitrogens is 3. The molecule has 0 bridgehead atoms. The maximum Gasteiger partial charge on any atom is 0.233 e. The van der Waals surface area contributed by atoms with Crippen molar-refractivity contribution >= 4 is 17.7 Å². The second-order valence-electron chi connectivity index (χ2n) is 7.43. The number of nitrogens with zero attached hydrogens (tertiary/aromatic N) is 3. The Labute approximate surface area is 182 Å². The molecule has 1 heterocycles. The normalized spacial score (nSPS) is 16.1. The van der Waals surface area contributed by atoms with Crippen LogP contribution in [0, 0.1) is 0 Å². The van der Waals surface area contributed by atoms with Crippen LogP contribution in [0.3, 0.4) is 0 Å². The average molecular weight is 431 g/mol. The Bertz CT molecular complexity index is 847. The fourth-order valence-electron chi connectivity index (χ4n) is 3.50. The third-order valence-corrected chi connectivity index (χ3v) is 6.23. The van der Waals surface area contributed by atoms with Gasteiger partial charge in [-0.05, 0) is 51.0 Å². The molecule has 0 radical (unpaired) electrons. The van der Waals surface area contributed by atoms with Crippen molar-refractivity contribution in [2.24, 2.45) is 0 Å². The summed E-state index contributed by atoms with van der Waals surface area (Å²) in [5, 5.41) is 12.2. The molecular weight excluding hydrogens is 400 g/mol. The molecule has 1 amide bonds. The molecule has 8 heteroatoms. The number of methoxy groups -OCH3 is 1. The van der Waals surface area contributed by atoms with E-state index < -0.39 is 0 Å². The number of carbonyl (C=O) groups excluding carboxylic acids is 1. The molecule has 30 heavy (non-hydrogen) atoms. The quantitative estimate of drug-likeness (QED) is 0.451. The van der Waals surface area contributed by atoms with Crippen molar-refractivity contribution in [3.63, 3.8) is 0 Å². The highest BCUT2D eigenvalue weighted by molar-refractivity contribution is 8.00. The second-order valence-corrected chi connectivity index (χ2v) is 8.73. The van der Waals surface area contributed by atoms with Crippen LogP contribution in [-0.2, 0) is 11.3 Å². The molecule has 1 saturated carbocycles. The summed E-state index contributed by atoms with van der Waals surface area (Å²) in [5.41, 5.74) is 0. The second kappa shape index (κ2) is 10.5. The fourth-order valence-corrected chi connectivity index (χ4v) is 4.37. The minimum Gasteiger partial charge on any atom is -0.497 e. The number of hydrogen-bond acceptors (Lipinski definition) is 6. The van der Waals surface area contributed by atoms with E-state index in [0.717, 1.165) is 24.3 Å². The van der Waals surface area contributed by atoms with Gasteiger partial charge in [-0.15, -0.1) is 16.8 Å². The van der Waals surface area contributed by atoms with Gasteiger partial charge in [0.15, 0.2) is 17.1 Å². The standard InChI is InChI=1S/C22H30N4O3S/c1-5-14-26-20(15(2)29-19-12-10-18(28-4)11-13-19)24-25-22(26)30-16(3)21(27)23-17-8-6-7-9-17/h5,10-13,15-17H,1,6-9,14H2,2-4H3,(H,23,27). The largest absolute Gasteiger partial charge is 0.497 e. The highest BCUT2D eigenvalue weighted by Gasteiger charge is 2.25. The SMILES string of the molecule is C=CCn1c(SC(C)C(=O)NC2CCCC2)nnc1C(C)Oc1ccc(OC)cc1. The van der Waals surface area contributed by atoms with Crippen molar-refractivity contribution in [3.8, 4) is 11.5 Å². The summed E-state index contributed by atoms with van der Waals surface area (Å²) in [6.07, 6.45) is 5.99. The van der Waals surface area contributed by atoms with E-state index in [1.54, 1.807) is 13.2 Å². The van der Waals surface area contributed by atoms with Gasteiger partial charge in [-0.25, -0.2) is 0 Å². The van der Waals surface area contributed by atoms with Gasteiger partial charge in [0.25, 0.3) is 0 Å². The van der Waals surface area contributed by atoms with Crippen LogP contribution in [0.1, 0.15) is 51.5 Å². The van der Waals surface area contributed by atoms with Crippen molar-refractivity contribution in [3.05, 3.63) is 42.7 Å². The lowest BCUT2D eigenvalue weighted by atomic mass is 10.2. The van der Waals surface area contributed by atoms with E-state index in [2.05, 4.69) is 22.1 Å². The van der Waals surface area contributed by atoms with Crippen LogP contribution < -0.4 is 14.8 Å². The lowest BCUT2D eigenvalue weighted by Gasteiger charge is -2.18. The van der Waals surface area contributed by atoms with E-state index in [-0.39, 0.29) is 17.3 Å². The van der Waals surface area contributed by atoms with Crippen LogP contribution in [0.5, 0.6) is 11.5 Å². The van der Waals surface area contributed by atoms with Gasteiger partial charge in [-0.1, -0.05) is 30.7 Å². The van der Waals surface area contributed by atoms with Crippen molar-refractivity contribution in [1.82, 2.24) is 20.1 Å². The van der Waals surface area contributed by atoms with Crippen LogP contribution >= 0.6 is 11.8 Å². The molecule has 1 aliphatic rings. The van der Waals surface area contributed by atoms with Gasteiger partial charge >= 0.3 is 0 Å². The minimum absolute atomic E-state index is 0.0455. The Balaban J connectivity index is 1.68. The zero-order valence-corrected chi connectivity index (χ0v) is 18.7. The molecule has 2 aromatic rings. The number of rotatable bonds is 10. The highest BCUT2D eigenvalue weighted by atomic mass is 32.2. The number of thioether (sulfide) groups is 1. The van der Waals surface area contributed by atoms with E-state index in [4.69, 9.17) is 9.47 Å².